The molecule has 0 radical (unpaired) electrons. The zero-order chi connectivity index (χ0) is 11.1. The maximum Gasteiger partial charge on any atom is -0.000199 e. The van der Waals surface area contributed by atoms with Crippen LogP contribution >= 0.6 is 22.6 Å². The number of alkyl halides is 1. The first-order valence-electron chi connectivity index (χ1n) is 7.41. The molecule has 0 aromatic carbocycles. The third kappa shape index (κ3) is 1.76. The molecule has 0 amide bonds. The predicted molar refractivity (Wildman–Crippen MR) is 77.8 cm³/mol. The molecule has 0 heterocycles. The molecule has 92 valence electrons. The van der Waals surface area contributed by atoms with E-state index in [-0.39, 0.29) is 0 Å². The lowest BCUT2D eigenvalue weighted by Crippen LogP contribution is -2.27. The summed E-state index contributed by atoms with van der Waals surface area (Å²) in [5.74, 6) is 6.92. The van der Waals surface area contributed by atoms with Crippen LogP contribution in [-0.4, -0.2) is 4.43 Å². The van der Waals surface area contributed by atoms with Gasteiger partial charge in [0.2, 0.25) is 0 Å². The lowest BCUT2D eigenvalue weighted by Gasteiger charge is -2.33. The molecule has 3 aliphatic rings. The molecule has 3 aliphatic carbocycles. The van der Waals surface area contributed by atoms with Gasteiger partial charge in [0, 0.05) is 0 Å². The molecule has 0 nitrogen and oxygen atoms in total. The fraction of sp³-hybridized carbons (Fsp3) is 1.00. The summed E-state index contributed by atoms with van der Waals surface area (Å²) in [6.07, 6.45) is 10.9. The lowest BCUT2D eigenvalue weighted by atomic mass is 9.72. The van der Waals surface area contributed by atoms with Crippen LogP contribution < -0.4 is 0 Å². The Labute approximate surface area is 114 Å². The average Bonchev–Trinajstić information content (AvgIpc) is 2.90. The van der Waals surface area contributed by atoms with Crippen LogP contribution in [0, 0.1) is 35.5 Å². The van der Waals surface area contributed by atoms with Gasteiger partial charge in [-0.05, 0) is 72.0 Å². The van der Waals surface area contributed by atoms with Crippen LogP contribution in [0.1, 0.15) is 51.9 Å². The van der Waals surface area contributed by atoms with Crippen molar-refractivity contribution in [3.8, 4) is 0 Å². The first-order valence-corrected chi connectivity index (χ1v) is 8.93. The standard InChI is InChI=1S/C15H25I/c1-2-3-10-4-5-13-14-9-12(15(10)13)8-11(14)6-7-16/h10-15H,2-9H2,1H3. The van der Waals surface area contributed by atoms with E-state index in [1.165, 1.54) is 35.5 Å². The molecule has 0 aromatic rings. The van der Waals surface area contributed by atoms with Gasteiger partial charge in [-0.2, -0.15) is 0 Å². The van der Waals surface area contributed by atoms with Crippen molar-refractivity contribution >= 4 is 22.6 Å². The minimum absolute atomic E-state index is 1.13. The van der Waals surface area contributed by atoms with E-state index in [9.17, 15) is 0 Å². The van der Waals surface area contributed by atoms with Gasteiger partial charge in [-0.1, -0.05) is 42.4 Å². The molecule has 3 fully saturated rings. The van der Waals surface area contributed by atoms with Gasteiger partial charge >= 0.3 is 0 Å². The second-order valence-corrected chi connectivity index (χ2v) is 7.58. The van der Waals surface area contributed by atoms with Crippen LogP contribution in [0.3, 0.4) is 0 Å². The maximum absolute atomic E-state index is 2.58. The van der Waals surface area contributed by atoms with Gasteiger partial charge in [-0.15, -0.1) is 0 Å². The Morgan fingerprint density at radius 3 is 2.62 bits per heavy atom. The summed E-state index contributed by atoms with van der Waals surface area (Å²) in [6, 6.07) is 0. The highest BCUT2D eigenvalue weighted by molar-refractivity contribution is 14.1. The maximum atomic E-state index is 2.58. The largest absolute Gasteiger partial charge is 0.0864 e. The quantitative estimate of drug-likeness (QED) is 0.507. The van der Waals surface area contributed by atoms with E-state index in [4.69, 9.17) is 0 Å². The molecule has 6 unspecified atom stereocenters. The van der Waals surface area contributed by atoms with Crippen molar-refractivity contribution in [2.75, 3.05) is 4.43 Å². The molecular formula is C15H25I. The highest BCUT2D eigenvalue weighted by Gasteiger charge is 2.56. The summed E-state index contributed by atoms with van der Waals surface area (Å²) in [4.78, 5) is 0. The number of hydrogen-bond donors (Lipinski definition) is 0. The lowest BCUT2D eigenvalue weighted by molar-refractivity contribution is 0.154. The fourth-order valence-electron chi connectivity index (χ4n) is 5.60. The van der Waals surface area contributed by atoms with Crippen molar-refractivity contribution in [1.29, 1.82) is 0 Å². The number of halogens is 1. The van der Waals surface area contributed by atoms with Crippen molar-refractivity contribution in [3.05, 3.63) is 0 Å². The summed E-state index contributed by atoms with van der Waals surface area (Å²) >= 11 is 2.58. The molecule has 0 aliphatic heterocycles. The highest BCUT2D eigenvalue weighted by Crippen LogP contribution is 2.63. The molecule has 0 saturated heterocycles. The Bertz CT molecular complexity index is 250. The Hall–Kier alpha value is 0.730. The van der Waals surface area contributed by atoms with E-state index in [1.807, 2.05) is 0 Å². The topological polar surface area (TPSA) is 0 Å². The van der Waals surface area contributed by atoms with Crippen LogP contribution in [-0.2, 0) is 0 Å². The molecule has 2 bridgehead atoms. The van der Waals surface area contributed by atoms with E-state index in [2.05, 4.69) is 29.5 Å². The fourth-order valence-corrected chi connectivity index (χ4v) is 6.40. The molecule has 16 heavy (non-hydrogen) atoms. The molecular weight excluding hydrogens is 307 g/mol. The predicted octanol–water partition coefficient (Wildman–Crippen LogP) is 4.91. The van der Waals surface area contributed by atoms with Crippen molar-refractivity contribution < 1.29 is 0 Å². The summed E-state index contributed by atoms with van der Waals surface area (Å²) in [5.41, 5.74) is 0. The minimum Gasteiger partial charge on any atom is -0.0864 e. The summed E-state index contributed by atoms with van der Waals surface area (Å²) in [7, 11) is 0. The SMILES string of the molecule is CCCC1CCC2C3CC(CC3CCI)C12. The molecule has 6 atom stereocenters. The van der Waals surface area contributed by atoms with E-state index >= 15 is 0 Å². The molecule has 0 spiro atoms. The van der Waals surface area contributed by atoms with Gasteiger partial charge in [-0.3, -0.25) is 0 Å². The highest BCUT2D eigenvalue weighted by atomic mass is 127. The second-order valence-electron chi connectivity index (χ2n) is 6.50. The molecule has 3 saturated carbocycles. The van der Waals surface area contributed by atoms with Crippen molar-refractivity contribution in [2.45, 2.75) is 51.9 Å². The van der Waals surface area contributed by atoms with Gasteiger partial charge < -0.3 is 0 Å². The number of rotatable bonds is 4. The smallest absolute Gasteiger partial charge is 0.000199 e. The van der Waals surface area contributed by atoms with Crippen LogP contribution in [0.15, 0.2) is 0 Å². The van der Waals surface area contributed by atoms with Crippen molar-refractivity contribution in [2.24, 2.45) is 35.5 Å². The first kappa shape index (κ1) is 11.8. The normalized spacial score (nSPS) is 49.9. The van der Waals surface area contributed by atoms with Gasteiger partial charge in [-0.25, -0.2) is 0 Å². The van der Waals surface area contributed by atoms with E-state index in [0.717, 1.165) is 23.7 Å². The second kappa shape index (κ2) is 4.78. The van der Waals surface area contributed by atoms with Crippen LogP contribution in [0.25, 0.3) is 0 Å². The Balaban J connectivity index is 1.69. The van der Waals surface area contributed by atoms with Crippen LogP contribution in [0.4, 0.5) is 0 Å². The van der Waals surface area contributed by atoms with Crippen LogP contribution in [0.2, 0.25) is 0 Å². The summed E-state index contributed by atoms with van der Waals surface area (Å²) in [5, 5.41) is 0. The van der Waals surface area contributed by atoms with E-state index < -0.39 is 0 Å². The van der Waals surface area contributed by atoms with E-state index in [1.54, 1.807) is 25.7 Å². The third-order valence-corrected chi connectivity index (χ3v) is 6.55. The summed E-state index contributed by atoms with van der Waals surface area (Å²) < 4.78 is 1.39. The summed E-state index contributed by atoms with van der Waals surface area (Å²) in [6.45, 7) is 2.37. The van der Waals surface area contributed by atoms with Crippen molar-refractivity contribution in [3.63, 3.8) is 0 Å². The van der Waals surface area contributed by atoms with Crippen LogP contribution in [0.5, 0.6) is 0 Å². The molecule has 0 N–H and O–H groups in total. The first-order chi connectivity index (χ1) is 7.85. The Kier molecular flexibility index (Phi) is 3.52. The molecule has 0 aromatic heterocycles. The number of fused-ring (bicyclic) bond motifs is 5. The average molecular weight is 332 g/mol. The Morgan fingerprint density at radius 2 is 1.88 bits per heavy atom. The van der Waals surface area contributed by atoms with Gasteiger partial charge in [0.05, 0.1) is 0 Å². The monoisotopic (exact) mass is 332 g/mol. The number of hydrogen-bond acceptors (Lipinski definition) is 0. The molecule has 1 heteroatoms. The van der Waals surface area contributed by atoms with Crippen molar-refractivity contribution in [1.82, 2.24) is 0 Å². The zero-order valence-electron chi connectivity index (χ0n) is 10.5. The zero-order valence-corrected chi connectivity index (χ0v) is 12.7. The van der Waals surface area contributed by atoms with Gasteiger partial charge in [0.1, 0.15) is 0 Å². The van der Waals surface area contributed by atoms with E-state index in [0.29, 0.717) is 0 Å². The molecule has 3 rings (SSSR count). The Morgan fingerprint density at radius 1 is 1.00 bits per heavy atom. The van der Waals surface area contributed by atoms with Gasteiger partial charge in [0.15, 0.2) is 0 Å². The third-order valence-electron chi connectivity index (χ3n) is 5.93. The minimum atomic E-state index is 1.13. The van der Waals surface area contributed by atoms with Gasteiger partial charge in [0.25, 0.3) is 0 Å².